The molecule has 0 aliphatic heterocycles. The molecule has 0 unspecified atom stereocenters. The maximum atomic E-state index is 9.07. The Kier molecular flexibility index (Phi) is 5.90. The van der Waals surface area contributed by atoms with Gasteiger partial charge in [0, 0.05) is 11.6 Å². The lowest BCUT2D eigenvalue weighted by atomic mass is 10.1. The first-order valence-corrected chi connectivity index (χ1v) is 8.70. The van der Waals surface area contributed by atoms with Crippen molar-refractivity contribution in [2.24, 2.45) is 0 Å². The zero-order valence-electron chi connectivity index (χ0n) is 14.4. The van der Waals surface area contributed by atoms with Gasteiger partial charge in [0.25, 0.3) is 0 Å². The number of hydrogen-bond acceptors (Lipinski definition) is 4. The number of aromatic nitrogens is 2. The fourth-order valence-electron chi connectivity index (χ4n) is 2.61. The van der Waals surface area contributed by atoms with Crippen LogP contribution >= 0.6 is 11.6 Å². The van der Waals surface area contributed by atoms with E-state index in [0.29, 0.717) is 28.6 Å². The molecule has 132 valence electrons. The SMILES string of the molecule is Cc1[nH]nc(CNCCc2ccccc2)c1Oc1cc(Cl)cc(C#N)c1. The van der Waals surface area contributed by atoms with Gasteiger partial charge < -0.3 is 10.1 Å². The number of nitrogens with zero attached hydrogens (tertiary/aromatic N) is 2. The van der Waals surface area contributed by atoms with Gasteiger partial charge in [0.2, 0.25) is 0 Å². The summed E-state index contributed by atoms with van der Waals surface area (Å²) < 4.78 is 5.95. The van der Waals surface area contributed by atoms with Crippen LogP contribution in [0.3, 0.4) is 0 Å². The fourth-order valence-corrected chi connectivity index (χ4v) is 2.84. The molecule has 5 nitrogen and oxygen atoms in total. The van der Waals surface area contributed by atoms with Crippen molar-refractivity contribution >= 4 is 11.6 Å². The first-order chi connectivity index (χ1) is 12.7. The number of halogens is 1. The highest BCUT2D eigenvalue weighted by Gasteiger charge is 2.13. The summed E-state index contributed by atoms with van der Waals surface area (Å²) in [6.45, 7) is 3.31. The molecule has 0 atom stereocenters. The number of nitriles is 1. The van der Waals surface area contributed by atoms with Crippen LogP contribution in [0.1, 0.15) is 22.5 Å². The van der Waals surface area contributed by atoms with Gasteiger partial charge in [0.05, 0.1) is 17.3 Å². The molecular formula is C20H19ClN4O. The molecule has 1 aromatic heterocycles. The normalized spacial score (nSPS) is 10.5. The Morgan fingerprint density at radius 3 is 2.81 bits per heavy atom. The highest BCUT2D eigenvalue weighted by molar-refractivity contribution is 6.30. The number of H-pyrrole nitrogens is 1. The molecule has 0 fully saturated rings. The fraction of sp³-hybridized carbons (Fsp3) is 0.200. The summed E-state index contributed by atoms with van der Waals surface area (Å²) >= 11 is 6.04. The molecule has 0 bridgehead atoms. The van der Waals surface area contributed by atoms with Crippen LogP contribution in [-0.2, 0) is 13.0 Å². The number of rotatable bonds is 7. The van der Waals surface area contributed by atoms with Crippen LogP contribution in [0, 0.1) is 18.3 Å². The summed E-state index contributed by atoms with van der Waals surface area (Å²) in [7, 11) is 0. The van der Waals surface area contributed by atoms with E-state index in [9.17, 15) is 0 Å². The molecule has 2 N–H and O–H groups in total. The van der Waals surface area contributed by atoms with Crippen LogP contribution in [0.5, 0.6) is 11.5 Å². The van der Waals surface area contributed by atoms with Crippen molar-refractivity contribution in [1.29, 1.82) is 5.26 Å². The van der Waals surface area contributed by atoms with E-state index in [2.05, 4.69) is 33.7 Å². The number of benzene rings is 2. The maximum Gasteiger partial charge on any atom is 0.172 e. The van der Waals surface area contributed by atoms with Crippen LogP contribution in [-0.4, -0.2) is 16.7 Å². The lowest BCUT2D eigenvalue weighted by Crippen LogP contribution is -2.17. The van der Waals surface area contributed by atoms with Gasteiger partial charge in [-0.25, -0.2) is 0 Å². The van der Waals surface area contributed by atoms with Gasteiger partial charge in [-0.05, 0) is 43.7 Å². The van der Waals surface area contributed by atoms with Crippen molar-refractivity contribution in [2.75, 3.05) is 6.54 Å². The Morgan fingerprint density at radius 2 is 2.04 bits per heavy atom. The molecule has 0 amide bonds. The Labute approximate surface area is 157 Å². The first-order valence-electron chi connectivity index (χ1n) is 8.32. The molecule has 0 aliphatic rings. The minimum absolute atomic E-state index is 0.455. The molecule has 0 aliphatic carbocycles. The number of hydrogen-bond donors (Lipinski definition) is 2. The summed E-state index contributed by atoms with van der Waals surface area (Å²) in [5, 5.41) is 20.2. The zero-order valence-corrected chi connectivity index (χ0v) is 15.2. The average molecular weight is 367 g/mol. The summed E-state index contributed by atoms with van der Waals surface area (Å²) in [5.41, 5.74) is 3.35. The minimum atomic E-state index is 0.455. The lowest BCUT2D eigenvalue weighted by Gasteiger charge is -2.09. The van der Waals surface area contributed by atoms with Crippen molar-refractivity contribution in [3.05, 3.63) is 76.1 Å². The average Bonchev–Trinajstić information content (AvgIpc) is 2.99. The standard InChI is InChI=1S/C20H19ClN4O/c1-14-20(26-18-10-16(12-22)9-17(21)11-18)19(25-24-14)13-23-8-7-15-5-3-2-4-6-15/h2-6,9-11,23H,7-8,13H2,1H3,(H,24,25). The Bertz CT molecular complexity index is 915. The number of aromatic amines is 1. The van der Waals surface area contributed by atoms with Crippen LogP contribution < -0.4 is 10.1 Å². The molecule has 6 heteroatoms. The Balaban J connectivity index is 1.63. The van der Waals surface area contributed by atoms with Crippen molar-refractivity contribution in [1.82, 2.24) is 15.5 Å². The molecule has 3 rings (SSSR count). The summed E-state index contributed by atoms with van der Waals surface area (Å²) in [5.74, 6) is 1.17. The van der Waals surface area contributed by atoms with Gasteiger partial charge >= 0.3 is 0 Å². The van der Waals surface area contributed by atoms with E-state index >= 15 is 0 Å². The van der Waals surface area contributed by atoms with Gasteiger partial charge in [-0.1, -0.05) is 41.9 Å². The van der Waals surface area contributed by atoms with Crippen molar-refractivity contribution in [2.45, 2.75) is 19.9 Å². The lowest BCUT2D eigenvalue weighted by molar-refractivity contribution is 0.469. The number of aryl methyl sites for hydroxylation is 1. The molecule has 0 spiro atoms. The quantitative estimate of drug-likeness (QED) is 0.609. The van der Waals surface area contributed by atoms with E-state index in [1.807, 2.05) is 25.1 Å². The summed E-state index contributed by atoms with van der Waals surface area (Å²) in [6, 6.07) is 17.3. The molecule has 2 aromatic carbocycles. The molecule has 0 saturated carbocycles. The van der Waals surface area contributed by atoms with E-state index in [4.69, 9.17) is 21.6 Å². The monoisotopic (exact) mass is 366 g/mol. The second-order valence-corrected chi connectivity index (χ2v) is 6.36. The molecule has 1 heterocycles. The van der Waals surface area contributed by atoms with Gasteiger partial charge in [0.15, 0.2) is 5.75 Å². The maximum absolute atomic E-state index is 9.07. The topological polar surface area (TPSA) is 73.7 Å². The zero-order chi connectivity index (χ0) is 18.4. The van der Waals surface area contributed by atoms with E-state index in [1.54, 1.807) is 18.2 Å². The van der Waals surface area contributed by atoms with Crippen LogP contribution in [0.2, 0.25) is 5.02 Å². The molecule has 0 saturated heterocycles. The Hall–Kier alpha value is -2.81. The summed E-state index contributed by atoms with van der Waals surface area (Å²) in [6.07, 6.45) is 0.945. The largest absolute Gasteiger partial charge is 0.453 e. The van der Waals surface area contributed by atoms with Crippen LogP contribution in [0.15, 0.2) is 48.5 Å². The number of nitrogens with one attached hydrogen (secondary N) is 2. The highest BCUT2D eigenvalue weighted by atomic mass is 35.5. The van der Waals surface area contributed by atoms with E-state index in [1.165, 1.54) is 5.56 Å². The van der Waals surface area contributed by atoms with Crippen molar-refractivity contribution in [3.8, 4) is 17.6 Å². The van der Waals surface area contributed by atoms with Gasteiger partial charge in [-0.2, -0.15) is 10.4 Å². The Morgan fingerprint density at radius 1 is 1.23 bits per heavy atom. The minimum Gasteiger partial charge on any atom is -0.453 e. The van der Waals surface area contributed by atoms with Crippen LogP contribution in [0.25, 0.3) is 0 Å². The van der Waals surface area contributed by atoms with Gasteiger partial charge in [-0.3, -0.25) is 5.10 Å². The van der Waals surface area contributed by atoms with E-state index in [-0.39, 0.29) is 0 Å². The van der Waals surface area contributed by atoms with Crippen molar-refractivity contribution in [3.63, 3.8) is 0 Å². The third-order valence-corrected chi connectivity index (χ3v) is 4.13. The molecular weight excluding hydrogens is 348 g/mol. The van der Waals surface area contributed by atoms with Gasteiger partial charge in [0.1, 0.15) is 11.4 Å². The third-order valence-electron chi connectivity index (χ3n) is 3.91. The smallest absolute Gasteiger partial charge is 0.172 e. The van der Waals surface area contributed by atoms with Crippen molar-refractivity contribution < 1.29 is 4.74 Å². The highest BCUT2D eigenvalue weighted by Crippen LogP contribution is 2.30. The molecule has 26 heavy (non-hydrogen) atoms. The first kappa shape index (κ1) is 18.0. The summed E-state index contributed by atoms with van der Waals surface area (Å²) in [4.78, 5) is 0. The van der Waals surface area contributed by atoms with E-state index < -0.39 is 0 Å². The second kappa shape index (κ2) is 8.52. The van der Waals surface area contributed by atoms with E-state index in [0.717, 1.165) is 24.4 Å². The predicted octanol–water partition coefficient (Wildman–Crippen LogP) is 4.37. The molecule has 0 radical (unpaired) electrons. The third kappa shape index (κ3) is 4.63. The van der Waals surface area contributed by atoms with Gasteiger partial charge in [-0.15, -0.1) is 0 Å². The van der Waals surface area contributed by atoms with Crippen LogP contribution in [0.4, 0.5) is 0 Å². The predicted molar refractivity (Wildman–Crippen MR) is 101 cm³/mol. The number of ether oxygens (including phenoxy) is 1. The second-order valence-electron chi connectivity index (χ2n) is 5.93. The molecule has 3 aromatic rings.